The first-order valence-corrected chi connectivity index (χ1v) is 11.8. The summed E-state index contributed by atoms with van der Waals surface area (Å²) in [4.78, 5) is 8.37. The number of pyridine rings is 1. The summed E-state index contributed by atoms with van der Waals surface area (Å²) in [6.07, 6.45) is 1.64. The first-order valence-electron chi connectivity index (χ1n) is 10.3. The van der Waals surface area contributed by atoms with Crippen molar-refractivity contribution in [2.24, 2.45) is 0 Å². The molecule has 1 aliphatic rings. The number of nitrogens with zero attached hydrogens (tertiary/aromatic N) is 3. The highest BCUT2D eigenvalue weighted by Crippen LogP contribution is 2.21. The number of anilines is 2. The Morgan fingerprint density at radius 1 is 0.938 bits per heavy atom. The monoisotopic (exact) mass is 458 g/mol. The molecule has 2 aromatic carbocycles. The van der Waals surface area contributed by atoms with E-state index >= 15 is 0 Å². The van der Waals surface area contributed by atoms with Crippen molar-refractivity contribution in [1.29, 1.82) is 0 Å². The molecule has 168 valence electrons. The van der Waals surface area contributed by atoms with Crippen molar-refractivity contribution in [3.8, 4) is 0 Å². The standard InChI is InChI=1S/C23H24F2N4O2S/c1-17-2-7-21(25)22(14-17)32(30,31)27-16-18-8-9-26-23(15-18)29-12-10-28(11-13-29)20-5-3-19(24)4-6-20/h2-9,14-15,27H,10-13,16H2,1H3. The molecule has 0 amide bonds. The molecule has 1 aromatic heterocycles. The van der Waals surface area contributed by atoms with E-state index in [4.69, 9.17) is 0 Å². The lowest BCUT2D eigenvalue weighted by atomic mass is 10.2. The molecule has 1 fully saturated rings. The van der Waals surface area contributed by atoms with Gasteiger partial charge in [-0.2, -0.15) is 0 Å². The van der Waals surface area contributed by atoms with Crippen LogP contribution in [0.1, 0.15) is 11.1 Å². The Hall–Kier alpha value is -3.04. The Balaban J connectivity index is 1.40. The van der Waals surface area contributed by atoms with Gasteiger partial charge in [0, 0.05) is 44.6 Å². The third-order valence-electron chi connectivity index (χ3n) is 5.45. The van der Waals surface area contributed by atoms with Crippen LogP contribution < -0.4 is 14.5 Å². The van der Waals surface area contributed by atoms with Crippen LogP contribution in [0.15, 0.2) is 65.7 Å². The van der Waals surface area contributed by atoms with Crippen LogP contribution in [0.25, 0.3) is 0 Å². The molecule has 3 aromatic rings. The van der Waals surface area contributed by atoms with E-state index in [1.807, 2.05) is 6.07 Å². The summed E-state index contributed by atoms with van der Waals surface area (Å²) < 4.78 is 54.7. The van der Waals surface area contributed by atoms with Crippen LogP contribution in [-0.2, 0) is 16.6 Å². The summed E-state index contributed by atoms with van der Waals surface area (Å²) in [5, 5.41) is 0. The third kappa shape index (κ3) is 5.05. The van der Waals surface area contributed by atoms with Gasteiger partial charge in [-0.1, -0.05) is 6.07 Å². The molecule has 0 radical (unpaired) electrons. The fraction of sp³-hybridized carbons (Fsp3) is 0.261. The number of hydrogen-bond acceptors (Lipinski definition) is 5. The first-order chi connectivity index (χ1) is 15.3. The maximum absolute atomic E-state index is 14.0. The zero-order valence-electron chi connectivity index (χ0n) is 17.6. The minimum Gasteiger partial charge on any atom is -0.368 e. The van der Waals surface area contributed by atoms with Gasteiger partial charge in [-0.15, -0.1) is 0 Å². The van der Waals surface area contributed by atoms with Gasteiger partial charge in [0.25, 0.3) is 0 Å². The van der Waals surface area contributed by atoms with Crippen LogP contribution in [0.3, 0.4) is 0 Å². The minimum absolute atomic E-state index is 0.0286. The third-order valence-corrected chi connectivity index (χ3v) is 6.86. The van der Waals surface area contributed by atoms with Crippen molar-refractivity contribution in [2.45, 2.75) is 18.4 Å². The summed E-state index contributed by atoms with van der Waals surface area (Å²) in [7, 11) is -3.98. The van der Waals surface area contributed by atoms with Gasteiger partial charge in [0.15, 0.2) is 0 Å². The summed E-state index contributed by atoms with van der Waals surface area (Å²) >= 11 is 0. The summed E-state index contributed by atoms with van der Waals surface area (Å²) in [6.45, 7) is 4.72. The van der Waals surface area contributed by atoms with E-state index in [0.717, 1.165) is 49.3 Å². The zero-order valence-corrected chi connectivity index (χ0v) is 18.4. The fourth-order valence-electron chi connectivity index (χ4n) is 3.66. The molecule has 0 unspecified atom stereocenters. The first kappa shape index (κ1) is 22.2. The van der Waals surface area contributed by atoms with Crippen LogP contribution >= 0.6 is 0 Å². The highest BCUT2D eigenvalue weighted by molar-refractivity contribution is 7.89. The average Bonchev–Trinajstić information content (AvgIpc) is 2.80. The zero-order chi connectivity index (χ0) is 22.7. The Kier molecular flexibility index (Phi) is 6.38. The number of halogens is 2. The fourth-order valence-corrected chi connectivity index (χ4v) is 4.84. The highest BCUT2D eigenvalue weighted by atomic mass is 32.2. The molecular weight excluding hydrogens is 434 g/mol. The van der Waals surface area contributed by atoms with Gasteiger partial charge >= 0.3 is 0 Å². The van der Waals surface area contributed by atoms with Crippen LogP contribution in [0.5, 0.6) is 0 Å². The van der Waals surface area contributed by atoms with E-state index in [2.05, 4.69) is 19.5 Å². The van der Waals surface area contributed by atoms with E-state index in [1.165, 1.54) is 24.3 Å². The van der Waals surface area contributed by atoms with E-state index in [-0.39, 0.29) is 17.3 Å². The molecule has 0 bridgehead atoms. The second-order valence-electron chi connectivity index (χ2n) is 7.73. The molecule has 0 aliphatic carbocycles. The smallest absolute Gasteiger partial charge is 0.243 e. The van der Waals surface area contributed by atoms with Crippen molar-refractivity contribution in [2.75, 3.05) is 36.0 Å². The van der Waals surface area contributed by atoms with Crippen molar-refractivity contribution in [3.05, 3.63) is 83.6 Å². The molecule has 1 aliphatic heterocycles. The Morgan fingerprint density at radius 3 is 2.34 bits per heavy atom. The van der Waals surface area contributed by atoms with E-state index in [9.17, 15) is 17.2 Å². The number of benzene rings is 2. The summed E-state index contributed by atoms with van der Waals surface area (Å²) in [5.41, 5.74) is 2.37. The molecule has 1 saturated heterocycles. The topological polar surface area (TPSA) is 65.5 Å². The number of aromatic nitrogens is 1. The minimum atomic E-state index is -3.98. The van der Waals surface area contributed by atoms with Gasteiger partial charge < -0.3 is 9.80 Å². The lowest BCUT2D eigenvalue weighted by molar-refractivity contribution is 0.556. The van der Waals surface area contributed by atoms with Crippen LogP contribution in [0.2, 0.25) is 0 Å². The van der Waals surface area contributed by atoms with Crippen LogP contribution in [-0.4, -0.2) is 39.6 Å². The van der Waals surface area contributed by atoms with E-state index in [1.54, 1.807) is 31.3 Å². The quantitative estimate of drug-likeness (QED) is 0.613. The van der Waals surface area contributed by atoms with Crippen LogP contribution in [0, 0.1) is 18.6 Å². The predicted molar refractivity (Wildman–Crippen MR) is 120 cm³/mol. The van der Waals surface area contributed by atoms with Crippen molar-refractivity contribution < 1.29 is 17.2 Å². The molecule has 32 heavy (non-hydrogen) atoms. The lowest BCUT2D eigenvalue weighted by Crippen LogP contribution is -2.46. The van der Waals surface area contributed by atoms with E-state index < -0.39 is 15.8 Å². The van der Waals surface area contributed by atoms with Gasteiger partial charge in [0.05, 0.1) is 0 Å². The van der Waals surface area contributed by atoms with Crippen LogP contribution in [0.4, 0.5) is 20.3 Å². The number of rotatable bonds is 6. The number of nitrogens with one attached hydrogen (secondary N) is 1. The number of aryl methyl sites for hydroxylation is 1. The van der Waals surface area contributed by atoms with Crippen molar-refractivity contribution in [3.63, 3.8) is 0 Å². The van der Waals surface area contributed by atoms with Gasteiger partial charge in [-0.3, -0.25) is 0 Å². The van der Waals surface area contributed by atoms with Gasteiger partial charge in [-0.05, 0) is 66.6 Å². The number of piperazine rings is 1. The van der Waals surface area contributed by atoms with Crippen molar-refractivity contribution in [1.82, 2.24) is 9.71 Å². The van der Waals surface area contributed by atoms with Gasteiger partial charge in [0.2, 0.25) is 10.0 Å². The Labute approximate surface area is 186 Å². The second kappa shape index (κ2) is 9.22. The Bertz CT molecular complexity index is 1190. The average molecular weight is 459 g/mol. The number of hydrogen-bond donors (Lipinski definition) is 1. The summed E-state index contributed by atoms with van der Waals surface area (Å²) in [5.74, 6) is -0.283. The van der Waals surface area contributed by atoms with Gasteiger partial charge in [0.1, 0.15) is 22.3 Å². The molecule has 6 nitrogen and oxygen atoms in total. The highest BCUT2D eigenvalue weighted by Gasteiger charge is 2.21. The largest absolute Gasteiger partial charge is 0.368 e. The SMILES string of the molecule is Cc1ccc(F)c(S(=O)(=O)NCc2ccnc(N3CCN(c4ccc(F)cc4)CC3)c2)c1. The molecular formula is C23H24F2N4O2S. The number of sulfonamides is 1. The van der Waals surface area contributed by atoms with Gasteiger partial charge in [-0.25, -0.2) is 26.9 Å². The Morgan fingerprint density at radius 2 is 1.62 bits per heavy atom. The van der Waals surface area contributed by atoms with E-state index in [0.29, 0.717) is 5.56 Å². The normalized spacial score (nSPS) is 14.6. The second-order valence-corrected chi connectivity index (χ2v) is 9.47. The van der Waals surface area contributed by atoms with Crippen molar-refractivity contribution >= 4 is 21.5 Å². The lowest BCUT2D eigenvalue weighted by Gasteiger charge is -2.36. The predicted octanol–water partition coefficient (Wildman–Crippen LogP) is 3.47. The molecule has 4 rings (SSSR count). The molecule has 0 saturated carbocycles. The molecule has 1 N–H and O–H groups in total. The maximum atomic E-state index is 14.0. The maximum Gasteiger partial charge on any atom is 0.243 e. The molecule has 9 heteroatoms. The molecule has 0 atom stereocenters. The molecule has 2 heterocycles. The summed E-state index contributed by atoms with van der Waals surface area (Å²) in [6, 6.07) is 14.0. The molecule has 0 spiro atoms.